The Bertz CT molecular complexity index is 712. The van der Waals surface area contributed by atoms with Gasteiger partial charge in [0.2, 0.25) is 5.91 Å². The van der Waals surface area contributed by atoms with Crippen molar-refractivity contribution in [2.75, 3.05) is 13.2 Å². The van der Waals surface area contributed by atoms with Crippen LogP contribution in [0.4, 0.5) is 0 Å². The molecule has 1 amide bonds. The molecule has 128 valence electrons. The molecule has 24 heavy (non-hydrogen) atoms. The van der Waals surface area contributed by atoms with E-state index in [2.05, 4.69) is 5.32 Å². The van der Waals surface area contributed by atoms with Gasteiger partial charge in [0.25, 0.3) is 0 Å². The average Bonchev–Trinajstić information content (AvgIpc) is 2.99. The van der Waals surface area contributed by atoms with Crippen LogP contribution in [-0.4, -0.2) is 19.1 Å². The molecule has 2 rings (SSSR count). The van der Waals surface area contributed by atoms with Crippen LogP contribution in [0.5, 0.6) is 11.5 Å². The number of carbonyl (C=O) groups is 1. The highest BCUT2D eigenvalue weighted by molar-refractivity contribution is 7.16. The van der Waals surface area contributed by atoms with Crippen LogP contribution in [0.3, 0.4) is 0 Å². The van der Waals surface area contributed by atoms with Gasteiger partial charge in [-0.2, -0.15) is 0 Å². The van der Waals surface area contributed by atoms with E-state index in [1.807, 2.05) is 44.2 Å². The molecule has 0 radical (unpaired) electrons. The van der Waals surface area contributed by atoms with Gasteiger partial charge in [-0.05, 0) is 49.8 Å². The van der Waals surface area contributed by atoms with E-state index in [1.54, 1.807) is 6.08 Å². The molecule has 0 fully saturated rings. The van der Waals surface area contributed by atoms with E-state index in [0.717, 1.165) is 10.4 Å². The van der Waals surface area contributed by atoms with E-state index in [-0.39, 0.29) is 5.91 Å². The molecule has 0 saturated carbocycles. The number of carbonyl (C=O) groups excluding carboxylic acids is 1. The monoisotopic (exact) mass is 365 g/mol. The Labute approximate surface area is 151 Å². The number of amides is 1. The second-order valence-corrected chi connectivity index (χ2v) is 6.63. The number of halogens is 1. The van der Waals surface area contributed by atoms with E-state index >= 15 is 0 Å². The number of hydrogen-bond donors (Lipinski definition) is 1. The lowest BCUT2D eigenvalue weighted by molar-refractivity contribution is -0.116. The summed E-state index contributed by atoms with van der Waals surface area (Å²) in [6.45, 7) is 5.44. The first-order chi connectivity index (χ1) is 11.6. The van der Waals surface area contributed by atoms with Gasteiger partial charge in [0.15, 0.2) is 11.5 Å². The Hall–Kier alpha value is -1.98. The molecule has 1 aromatic heterocycles. The fourth-order valence-corrected chi connectivity index (χ4v) is 3.05. The van der Waals surface area contributed by atoms with Crippen molar-refractivity contribution >= 4 is 34.9 Å². The van der Waals surface area contributed by atoms with Crippen molar-refractivity contribution in [3.63, 3.8) is 0 Å². The fraction of sp³-hybridized carbons (Fsp3) is 0.278. The molecule has 1 aromatic carbocycles. The van der Waals surface area contributed by atoms with Crippen molar-refractivity contribution in [1.82, 2.24) is 5.32 Å². The maximum Gasteiger partial charge on any atom is 0.244 e. The second kappa shape index (κ2) is 9.35. The topological polar surface area (TPSA) is 47.6 Å². The lowest BCUT2D eigenvalue weighted by Gasteiger charge is -2.11. The van der Waals surface area contributed by atoms with Gasteiger partial charge >= 0.3 is 0 Å². The van der Waals surface area contributed by atoms with Gasteiger partial charge < -0.3 is 14.8 Å². The zero-order valence-electron chi connectivity index (χ0n) is 13.7. The van der Waals surface area contributed by atoms with Gasteiger partial charge in [-0.3, -0.25) is 4.79 Å². The van der Waals surface area contributed by atoms with E-state index < -0.39 is 0 Å². The Kier molecular flexibility index (Phi) is 7.15. The maximum atomic E-state index is 11.9. The summed E-state index contributed by atoms with van der Waals surface area (Å²) in [5.41, 5.74) is 0.872. The van der Waals surface area contributed by atoms with Crippen LogP contribution in [0.25, 0.3) is 6.08 Å². The summed E-state index contributed by atoms with van der Waals surface area (Å²) in [7, 11) is 0. The molecule has 4 nitrogen and oxygen atoms in total. The van der Waals surface area contributed by atoms with Crippen molar-refractivity contribution in [2.24, 2.45) is 0 Å². The normalized spacial score (nSPS) is 10.8. The highest BCUT2D eigenvalue weighted by atomic mass is 35.5. The van der Waals surface area contributed by atoms with Crippen molar-refractivity contribution in [3.05, 3.63) is 51.2 Å². The summed E-state index contributed by atoms with van der Waals surface area (Å²) in [5, 5.41) is 2.82. The Morgan fingerprint density at radius 2 is 1.92 bits per heavy atom. The standard InChI is InChI=1S/C18H20ClNO3S/c1-3-22-15-8-5-13(11-16(15)23-4-2)6-10-18(21)20-12-14-7-9-17(19)24-14/h5-11H,3-4,12H2,1-2H3,(H,20,21)/b10-6+. The van der Waals surface area contributed by atoms with Crippen LogP contribution in [0.1, 0.15) is 24.3 Å². The number of ether oxygens (including phenoxy) is 2. The molecule has 0 saturated heterocycles. The van der Waals surface area contributed by atoms with Crippen molar-refractivity contribution in [1.29, 1.82) is 0 Å². The fourth-order valence-electron chi connectivity index (χ4n) is 2.02. The molecule has 0 spiro atoms. The molecule has 2 aromatic rings. The zero-order chi connectivity index (χ0) is 17.4. The third-order valence-electron chi connectivity index (χ3n) is 3.06. The molecular weight excluding hydrogens is 346 g/mol. The first-order valence-corrected chi connectivity index (χ1v) is 8.91. The van der Waals surface area contributed by atoms with E-state index in [0.29, 0.717) is 35.6 Å². The summed E-state index contributed by atoms with van der Waals surface area (Å²) in [6.07, 6.45) is 3.25. The van der Waals surface area contributed by atoms with Crippen molar-refractivity contribution < 1.29 is 14.3 Å². The Morgan fingerprint density at radius 1 is 1.17 bits per heavy atom. The van der Waals surface area contributed by atoms with Crippen molar-refractivity contribution in [2.45, 2.75) is 20.4 Å². The van der Waals surface area contributed by atoms with E-state index in [9.17, 15) is 4.79 Å². The zero-order valence-corrected chi connectivity index (χ0v) is 15.2. The Morgan fingerprint density at radius 3 is 2.58 bits per heavy atom. The van der Waals surface area contributed by atoms with Crippen LogP contribution in [0.15, 0.2) is 36.4 Å². The third kappa shape index (κ3) is 5.58. The van der Waals surface area contributed by atoms with Crippen molar-refractivity contribution in [3.8, 4) is 11.5 Å². The number of thiophene rings is 1. The van der Waals surface area contributed by atoms with E-state index in [1.165, 1.54) is 17.4 Å². The molecule has 0 atom stereocenters. The van der Waals surface area contributed by atoms with Gasteiger partial charge in [0.05, 0.1) is 24.1 Å². The molecule has 0 unspecified atom stereocenters. The molecule has 0 aliphatic carbocycles. The SMILES string of the molecule is CCOc1ccc(/C=C/C(=O)NCc2ccc(Cl)s2)cc1OCC. The number of rotatable bonds is 8. The quantitative estimate of drug-likeness (QED) is 0.699. The molecule has 6 heteroatoms. The molecule has 1 N–H and O–H groups in total. The third-order valence-corrected chi connectivity index (χ3v) is 4.29. The lowest BCUT2D eigenvalue weighted by Crippen LogP contribution is -2.19. The highest BCUT2D eigenvalue weighted by Gasteiger charge is 2.05. The minimum Gasteiger partial charge on any atom is -0.490 e. The van der Waals surface area contributed by atoms with Crippen LogP contribution in [0, 0.1) is 0 Å². The second-order valence-electron chi connectivity index (χ2n) is 4.83. The van der Waals surface area contributed by atoms with Gasteiger partial charge in [-0.15, -0.1) is 11.3 Å². The highest BCUT2D eigenvalue weighted by Crippen LogP contribution is 2.29. The van der Waals surface area contributed by atoms with Gasteiger partial charge in [0.1, 0.15) is 0 Å². The summed E-state index contributed by atoms with van der Waals surface area (Å²) in [4.78, 5) is 12.9. The predicted molar refractivity (Wildman–Crippen MR) is 99.0 cm³/mol. The van der Waals surface area contributed by atoms with Gasteiger partial charge in [-0.1, -0.05) is 17.7 Å². The predicted octanol–water partition coefficient (Wildman–Crippen LogP) is 4.53. The van der Waals surface area contributed by atoms with Crippen LogP contribution >= 0.6 is 22.9 Å². The summed E-state index contributed by atoms with van der Waals surface area (Å²) >= 11 is 7.32. The number of nitrogens with one attached hydrogen (secondary N) is 1. The average molecular weight is 366 g/mol. The van der Waals surface area contributed by atoms with Gasteiger partial charge in [0, 0.05) is 11.0 Å². The minimum atomic E-state index is -0.161. The molecule has 0 bridgehead atoms. The van der Waals surface area contributed by atoms with Gasteiger partial charge in [-0.25, -0.2) is 0 Å². The molecule has 0 aliphatic rings. The number of hydrogen-bond acceptors (Lipinski definition) is 4. The maximum absolute atomic E-state index is 11.9. The smallest absolute Gasteiger partial charge is 0.244 e. The minimum absolute atomic E-state index is 0.161. The summed E-state index contributed by atoms with van der Waals surface area (Å²) in [6, 6.07) is 9.31. The van der Waals surface area contributed by atoms with E-state index in [4.69, 9.17) is 21.1 Å². The molecule has 0 aliphatic heterocycles. The van der Waals surface area contributed by atoms with Crippen LogP contribution < -0.4 is 14.8 Å². The largest absolute Gasteiger partial charge is 0.490 e. The molecule has 1 heterocycles. The first kappa shape index (κ1) is 18.4. The first-order valence-electron chi connectivity index (χ1n) is 7.72. The number of benzene rings is 1. The van der Waals surface area contributed by atoms with Crippen LogP contribution in [0.2, 0.25) is 4.34 Å². The molecular formula is C18H20ClNO3S. The van der Waals surface area contributed by atoms with Crippen LogP contribution in [-0.2, 0) is 11.3 Å². The summed E-state index contributed by atoms with van der Waals surface area (Å²) in [5.74, 6) is 1.22. The lowest BCUT2D eigenvalue weighted by atomic mass is 10.2. The summed E-state index contributed by atoms with van der Waals surface area (Å²) < 4.78 is 11.8. The Balaban J connectivity index is 1.96.